The third kappa shape index (κ3) is 5.26. The second-order valence-electron chi connectivity index (χ2n) is 7.12. The molecule has 20 heavy (non-hydrogen) atoms. The Hall–Kier alpha value is -0.263. The molecular formula is C14H29ClN2O2Si. The molecule has 6 heteroatoms. The standard InChI is InChI=1S/C14H28N2O2Si.ClH/c1-19(2,3)10-9-18-14(17)16-8-6-12-5-4-7-15-13(12)11-16;/h12-13,15H,4-11H2,1-3H3;1H/t12-,13+;/m1./s1. The summed E-state index contributed by atoms with van der Waals surface area (Å²) in [7, 11) is -1.11. The van der Waals surface area contributed by atoms with Crippen molar-refractivity contribution in [1.82, 2.24) is 10.2 Å². The topological polar surface area (TPSA) is 41.6 Å². The van der Waals surface area contributed by atoms with Crippen LogP contribution in [0.5, 0.6) is 0 Å². The van der Waals surface area contributed by atoms with E-state index in [0.717, 1.165) is 38.0 Å². The average Bonchev–Trinajstić information content (AvgIpc) is 2.36. The van der Waals surface area contributed by atoms with Crippen molar-refractivity contribution in [3.63, 3.8) is 0 Å². The minimum atomic E-state index is -1.11. The number of rotatable bonds is 3. The van der Waals surface area contributed by atoms with E-state index in [1.165, 1.54) is 12.8 Å². The summed E-state index contributed by atoms with van der Waals surface area (Å²) in [6.45, 7) is 10.3. The van der Waals surface area contributed by atoms with Crippen molar-refractivity contribution in [2.45, 2.75) is 51.0 Å². The zero-order chi connectivity index (χ0) is 13.9. The number of ether oxygens (including phenoxy) is 1. The van der Waals surface area contributed by atoms with Gasteiger partial charge in [0, 0.05) is 27.2 Å². The largest absolute Gasteiger partial charge is 0.450 e. The van der Waals surface area contributed by atoms with Crippen molar-refractivity contribution in [1.29, 1.82) is 0 Å². The van der Waals surface area contributed by atoms with E-state index < -0.39 is 8.07 Å². The van der Waals surface area contributed by atoms with Crippen molar-refractivity contribution in [3.8, 4) is 0 Å². The van der Waals surface area contributed by atoms with Crippen molar-refractivity contribution < 1.29 is 9.53 Å². The second-order valence-corrected chi connectivity index (χ2v) is 12.7. The van der Waals surface area contributed by atoms with E-state index in [0.29, 0.717) is 12.6 Å². The molecule has 1 amide bonds. The molecule has 2 heterocycles. The van der Waals surface area contributed by atoms with Gasteiger partial charge < -0.3 is 15.0 Å². The SMILES string of the molecule is C[Si](C)(C)CCOC(=O)N1CC[C@H]2CCCN[C@H]2C1.Cl. The Balaban J connectivity index is 0.00000200. The molecule has 0 aliphatic carbocycles. The minimum absolute atomic E-state index is 0. The lowest BCUT2D eigenvalue weighted by atomic mass is 9.85. The van der Waals surface area contributed by atoms with Crippen LogP contribution in [-0.4, -0.2) is 51.4 Å². The first-order chi connectivity index (χ1) is 8.96. The third-order valence-corrected chi connectivity index (χ3v) is 5.95. The number of likely N-dealkylation sites (tertiary alicyclic amines) is 1. The van der Waals surface area contributed by atoms with E-state index in [4.69, 9.17) is 4.74 Å². The Labute approximate surface area is 130 Å². The van der Waals surface area contributed by atoms with Gasteiger partial charge in [0.25, 0.3) is 0 Å². The molecule has 1 N–H and O–H groups in total. The van der Waals surface area contributed by atoms with Crippen LogP contribution in [0.3, 0.4) is 0 Å². The quantitative estimate of drug-likeness (QED) is 0.813. The molecule has 0 saturated carbocycles. The highest BCUT2D eigenvalue weighted by Crippen LogP contribution is 2.25. The lowest BCUT2D eigenvalue weighted by molar-refractivity contribution is 0.0729. The van der Waals surface area contributed by atoms with Gasteiger partial charge in [-0.2, -0.15) is 0 Å². The molecule has 2 rings (SSSR count). The van der Waals surface area contributed by atoms with Gasteiger partial charge in [-0.1, -0.05) is 19.6 Å². The monoisotopic (exact) mass is 320 g/mol. The maximum Gasteiger partial charge on any atom is 0.409 e. The maximum atomic E-state index is 12.0. The molecule has 0 radical (unpaired) electrons. The molecule has 118 valence electrons. The van der Waals surface area contributed by atoms with E-state index in [-0.39, 0.29) is 18.5 Å². The first-order valence-corrected chi connectivity index (χ1v) is 11.3. The Morgan fingerprint density at radius 3 is 2.80 bits per heavy atom. The van der Waals surface area contributed by atoms with Gasteiger partial charge in [-0.3, -0.25) is 0 Å². The van der Waals surface area contributed by atoms with Crippen LogP contribution in [-0.2, 0) is 4.74 Å². The van der Waals surface area contributed by atoms with Gasteiger partial charge >= 0.3 is 6.09 Å². The molecule has 2 atom stereocenters. The molecule has 0 aromatic heterocycles. The molecule has 2 saturated heterocycles. The molecular weight excluding hydrogens is 292 g/mol. The number of nitrogens with zero attached hydrogens (tertiary/aromatic N) is 1. The Morgan fingerprint density at radius 2 is 2.10 bits per heavy atom. The number of amides is 1. The van der Waals surface area contributed by atoms with E-state index in [9.17, 15) is 4.79 Å². The van der Waals surface area contributed by atoms with E-state index in [2.05, 4.69) is 25.0 Å². The molecule has 2 aliphatic rings. The first-order valence-electron chi connectivity index (χ1n) is 7.61. The number of halogens is 1. The van der Waals surface area contributed by atoms with Gasteiger partial charge in [0.2, 0.25) is 0 Å². The van der Waals surface area contributed by atoms with Crippen molar-refractivity contribution in [2.24, 2.45) is 5.92 Å². The Bertz CT molecular complexity index is 323. The Morgan fingerprint density at radius 1 is 1.35 bits per heavy atom. The molecule has 2 fully saturated rings. The van der Waals surface area contributed by atoms with Gasteiger partial charge in [-0.15, -0.1) is 12.4 Å². The summed E-state index contributed by atoms with van der Waals surface area (Å²) in [5, 5.41) is 3.54. The molecule has 0 unspecified atom stereocenters. The summed E-state index contributed by atoms with van der Waals surface area (Å²) in [6, 6.07) is 1.55. The zero-order valence-electron chi connectivity index (χ0n) is 13.0. The van der Waals surface area contributed by atoms with Gasteiger partial charge in [-0.25, -0.2) is 4.79 Å². The number of fused-ring (bicyclic) bond motifs is 1. The number of hydrogen-bond acceptors (Lipinski definition) is 3. The van der Waals surface area contributed by atoms with Crippen molar-refractivity contribution in [2.75, 3.05) is 26.2 Å². The number of carbonyl (C=O) groups is 1. The summed E-state index contributed by atoms with van der Waals surface area (Å²) in [6.07, 6.45) is 3.61. The summed E-state index contributed by atoms with van der Waals surface area (Å²) in [5.41, 5.74) is 0. The normalized spacial score (nSPS) is 26.4. The van der Waals surface area contributed by atoms with Crippen LogP contribution in [0.1, 0.15) is 19.3 Å². The number of nitrogens with one attached hydrogen (secondary N) is 1. The van der Waals surface area contributed by atoms with Crippen LogP contribution in [0, 0.1) is 5.92 Å². The van der Waals surface area contributed by atoms with Crippen LogP contribution in [0.4, 0.5) is 4.79 Å². The number of carbonyl (C=O) groups excluding carboxylic acids is 1. The molecule has 0 bridgehead atoms. The molecule has 4 nitrogen and oxygen atoms in total. The number of hydrogen-bond donors (Lipinski definition) is 1. The fourth-order valence-electron chi connectivity index (χ4n) is 2.93. The molecule has 0 aromatic carbocycles. The highest BCUT2D eigenvalue weighted by molar-refractivity contribution is 6.76. The molecule has 0 aromatic rings. The first kappa shape index (κ1) is 17.8. The van der Waals surface area contributed by atoms with Gasteiger partial charge in [0.1, 0.15) is 0 Å². The summed E-state index contributed by atoms with van der Waals surface area (Å²) >= 11 is 0. The van der Waals surface area contributed by atoms with E-state index in [1.54, 1.807) is 0 Å². The van der Waals surface area contributed by atoms with Crippen molar-refractivity contribution in [3.05, 3.63) is 0 Å². The van der Waals surface area contributed by atoms with Crippen LogP contribution in [0.2, 0.25) is 25.7 Å². The van der Waals surface area contributed by atoms with Gasteiger partial charge in [0.15, 0.2) is 0 Å². The van der Waals surface area contributed by atoms with Crippen LogP contribution in [0.15, 0.2) is 0 Å². The van der Waals surface area contributed by atoms with Crippen LogP contribution in [0.25, 0.3) is 0 Å². The summed E-state index contributed by atoms with van der Waals surface area (Å²) in [5.74, 6) is 0.764. The van der Waals surface area contributed by atoms with Gasteiger partial charge in [-0.05, 0) is 37.8 Å². The van der Waals surface area contributed by atoms with E-state index in [1.807, 2.05) is 4.90 Å². The van der Waals surface area contributed by atoms with E-state index >= 15 is 0 Å². The second kappa shape index (κ2) is 7.66. The lowest BCUT2D eigenvalue weighted by Crippen LogP contribution is -2.55. The molecule has 2 aliphatic heterocycles. The van der Waals surface area contributed by atoms with Gasteiger partial charge in [0.05, 0.1) is 6.61 Å². The maximum absolute atomic E-state index is 12.0. The highest BCUT2D eigenvalue weighted by atomic mass is 35.5. The zero-order valence-corrected chi connectivity index (χ0v) is 14.8. The number of piperidine rings is 2. The fourth-order valence-corrected chi connectivity index (χ4v) is 3.65. The van der Waals surface area contributed by atoms with Crippen LogP contribution >= 0.6 is 12.4 Å². The highest BCUT2D eigenvalue weighted by Gasteiger charge is 2.33. The average molecular weight is 321 g/mol. The summed E-state index contributed by atoms with van der Waals surface area (Å²) < 4.78 is 5.43. The van der Waals surface area contributed by atoms with Crippen molar-refractivity contribution >= 4 is 26.6 Å². The summed E-state index contributed by atoms with van der Waals surface area (Å²) in [4.78, 5) is 13.9. The minimum Gasteiger partial charge on any atom is -0.450 e. The fraction of sp³-hybridized carbons (Fsp3) is 0.929. The third-order valence-electron chi connectivity index (χ3n) is 4.25. The smallest absolute Gasteiger partial charge is 0.409 e. The lowest BCUT2D eigenvalue weighted by Gasteiger charge is -2.41. The predicted octanol–water partition coefficient (Wildman–Crippen LogP) is 2.96. The Kier molecular flexibility index (Phi) is 6.81. The van der Waals surface area contributed by atoms with Crippen LogP contribution < -0.4 is 5.32 Å². The molecule has 0 spiro atoms. The predicted molar refractivity (Wildman–Crippen MR) is 87.5 cm³/mol.